The van der Waals surface area contributed by atoms with E-state index < -0.39 is 11.6 Å². The van der Waals surface area contributed by atoms with Gasteiger partial charge in [-0.1, -0.05) is 30.7 Å². The second-order valence-corrected chi connectivity index (χ2v) is 5.72. The molecule has 1 saturated carbocycles. The molecular formula is C18H19F2N. The summed E-state index contributed by atoms with van der Waals surface area (Å²) in [4.78, 5) is 0. The molecule has 0 spiro atoms. The zero-order valence-corrected chi connectivity index (χ0v) is 12.1. The molecular weight excluding hydrogens is 268 g/mol. The highest BCUT2D eigenvalue weighted by atomic mass is 19.1. The van der Waals surface area contributed by atoms with E-state index in [4.69, 9.17) is 0 Å². The van der Waals surface area contributed by atoms with Crippen LogP contribution in [0.1, 0.15) is 47.9 Å². The topological polar surface area (TPSA) is 12.0 Å². The van der Waals surface area contributed by atoms with Gasteiger partial charge in [0.2, 0.25) is 0 Å². The lowest BCUT2D eigenvalue weighted by Gasteiger charge is -2.27. The van der Waals surface area contributed by atoms with Gasteiger partial charge in [0, 0.05) is 6.07 Å². The molecule has 0 amide bonds. The van der Waals surface area contributed by atoms with E-state index in [1.54, 1.807) is 0 Å². The number of benzene rings is 2. The van der Waals surface area contributed by atoms with Crippen LogP contribution in [0.5, 0.6) is 0 Å². The van der Waals surface area contributed by atoms with Crippen LogP contribution in [-0.4, -0.2) is 7.05 Å². The molecule has 3 heteroatoms. The van der Waals surface area contributed by atoms with Gasteiger partial charge in [-0.05, 0) is 54.6 Å². The molecule has 1 nitrogen and oxygen atoms in total. The maximum Gasteiger partial charge on any atom is 0.126 e. The van der Waals surface area contributed by atoms with Gasteiger partial charge in [-0.3, -0.25) is 0 Å². The van der Waals surface area contributed by atoms with Crippen LogP contribution in [0.2, 0.25) is 0 Å². The zero-order chi connectivity index (χ0) is 14.8. The fourth-order valence-corrected chi connectivity index (χ4v) is 3.00. The second-order valence-electron chi connectivity index (χ2n) is 5.72. The molecule has 0 heterocycles. The van der Waals surface area contributed by atoms with E-state index in [9.17, 15) is 8.78 Å². The van der Waals surface area contributed by atoms with Gasteiger partial charge in [0.15, 0.2) is 0 Å². The molecule has 0 aliphatic heterocycles. The Morgan fingerprint density at radius 1 is 1.00 bits per heavy atom. The maximum atomic E-state index is 13.4. The summed E-state index contributed by atoms with van der Waals surface area (Å²) < 4.78 is 26.9. The fraction of sp³-hybridized carbons (Fsp3) is 0.333. The molecule has 0 aromatic heterocycles. The molecule has 3 rings (SSSR count). The minimum atomic E-state index is -0.541. The summed E-state index contributed by atoms with van der Waals surface area (Å²) in [6.07, 6.45) is 3.77. The SMILES string of the molecule is CNC(c1cc(F)cc(F)c1)c1cccc(C2CCC2)c1. The van der Waals surface area contributed by atoms with Crippen LogP contribution in [0.4, 0.5) is 8.78 Å². The van der Waals surface area contributed by atoms with Crippen molar-refractivity contribution in [2.45, 2.75) is 31.2 Å². The standard InChI is InChI=1S/C18H19F2N/c1-21-18(15-9-16(19)11-17(20)10-15)14-7-3-6-13(8-14)12-4-2-5-12/h3,6-12,18,21H,2,4-5H2,1H3. The summed E-state index contributed by atoms with van der Waals surface area (Å²) in [6, 6.07) is 11.8. The smallest absolute Gasteiger partial charge is 0.126 e. The molecule has 110 valence electrons. The van der Waals surface area contributed by atoms with E-state index in [0.717, 1.165) is 11.6 Å². The van der Waals surface area contributed by atoms with Crippen LogP contribution in [0.3, 0.4) is 0 Å². The number of hydrogen-bond acceptors (Lipinski definition) is 1. The first-order valence-electron chi connectivity index (χ1n) is 7.40. The minimum absolute atomic E-state index is 0.199. The molecule has 2 aromatic rings. The first-order chi connectivity index (χ1) is 10.2. The Bertz CT molecular complexity index is 615. The largest absolute Gasteiger partial charge is 0.309 e. The lowest BCUT2D eigenvalue weighted by atomic mass is 9.79. The van der Waals surface area contributed by atoms with Gasteiger partial charge in [-0.15, -0.1) is 0 Å². The predicted molar refractivity (Wildman–Crippen MR) is 80.3 cm³/mol. The molecule has 1 aliphatic carbocycles. The first-order valence-corrected chi connectivity index (χ1v) is 7.40. The van der Waals surface area contributed by atoms with Crippen molar-refractivity contribution in [3.05, 3.63) is 70.8 Å². The summed E-state index contributed by atoms with van der Waals surface area (Å²) >= 11 is 0. The molecule has 1 N–H and O–H groups in total. The highest BCUT2D eigenvalue weighted by Gasteiger charge is 2.21. The van der Waals surface area contributed by atoms with Crippen LogP contribution < -0.4 is 5.32 Å². The van der Waals surface area contributed by atoms with Crippen molar-refractivity contribution in [3.63, 3.8) is 0 Å². The number of rotatable bonds is 4. The Balaban J connectivity index is 1.95. The van der Waals surface area contributed by atoms with E-state index in [-0.39, 0.29) is 6.04 Å². The van der Waals surface area contributed by atoms with Gasteiger partial charge < -0.3 is 5.32 Å². The average molecular weight is 287 g/mol. The first kappa shape index (κ1) is 14.2. The molecule has 1 aliphatic rings. The van der Waals surface area contributed by atoms with Crippen molar-refractivity contribution in [3.8, 4) is 0 Å². The summed E-state index contributed by atoms with van der Waals surface area (Å²) in [7, 11) is 1.81. The van der Waals surface area contributed by atoms with Crippen LogP contribution in [0, 0.1) is 11.6 Å². The lowest BCUT2D eigenvalue weighted by Crippen LogP contribution is -2.19. The number of nitrogens with one attached hydrogen (secondary N) is 1. The van der Waals surface area contributed by atoms with Crippen LogP contribution in [0.25, 0.3) is 0 Å². The van der Waals surface area contributed by atoms with Gasteiger partial charge in [0.05, 0.1) is 6.04 Å². The second kappa shape index (κ2) is 5.94. The normalized spacial score (nSPS) is 16.5. The quantitative estimate of drug-likeness (QED) is 0.870. The van der Waals surface area contributed by atoms with Crippen molar-refractivity contribution in [1.29, 1.82) is 0 Å². The lowest BCUT2D eigenvalue weighted by molar-refractivity contribution is 0.419. The van der Waals surface area contributed by atoms with E-state index in [1.165, 1.54) is 37.0 Å². The van der Waals surface area contributed by atoms with E-state index >= 15 is 0 Å². The Morgan fingerprint density at radius 2 is 1.71 bits per heavy atom. The van der Waals surface area contributed by atoms with Crippen LogP contribution in [-0.2, 0) is 0 Å². The van der Waals surface area contributed by atoms with Crippen molar-refractivity contribution in [2.75, 3.05) is 7.05 Å². The van der Waals surface area contributed by atoms with Gasteiger partial charge in [-0.2, -0.15) is 0 Å². The van der Waals surface area contributed by atoms with Gasteiger partial charge >= 0.3 is 0 Å². The van der Waals surface area contributed by atoms with Crippen molar-refractivity contribution < 1.29 is 8.78 Å². The highest BCUT2D eigenvalue weighted by molar-refractivity contribution is 5.36. The summed E-state index contributed by atoms with van der Waals surface area (Å²) in [5.41, 5.74) is 2.99. The van der Waals surface area contributed by atoms with Crippen LogP contribution >= 0.6 is 0 Å². The molecule has 1 unspecified atom stereocenters. The molecule has 1 fully saturated rings. The maximum absolute atomic E-state index is 13.4. The van der Waals surface area contributed by atoms with Crippen molar-refractivity contribution in [2.24, 2.45) is 0 Å². The molecule has 2 aromatic carbocycles. The Labute approximate surface area is 124 Å². The van der Waals surface area contributed by atoms with Gasteiger partial charge in [0.1, 0.15) is 11.6 Å². The Hall–Kier alpha value is -1.74. The average Bonchev–Trinajstić information content (AvgIpc) is 2.37. The predicted octanol–water partition coefficient (Wildman–Crippen LogP) is 4.54. The molecule has 0 saturated heterocycles. The zero-order valence-electron chi connectivity index (χ0n) is 12.1. The van der Waals surface area contributed by atoms with E-state index in [2.05, 4.69) is 17.4 Å². The third-order valence-electron chi connectivity index (χ3n) is 4.33. The third-order valence-corrected chi connectivity index (χ3v) is 4.33. The molecule has 0 radical (unpaired) electrons. The minimum Gasteiger partial charge on any atom is -0.309 e. The molecule has 0 bridgehead atoms. The number of halogens is 2. The van der Waals surface area contributed by atoms with E-state index in [1.807, 2.05) is 19.2 Å². The summed E-state index contributed by atoms with van der Waals surface area (Å²) in [6.45, 7) is 0. The fourth-order valence-electron chi connectivity index (χ4n) is 3.00. The van der Waals surface area contributed by atoms with Gasteiger partial charge in [-0.25, -0.2) is 8.78 Å². The monoisotopic (exact) mass is 287 g/mol. The molecule has 21 heavy (non-hydrogen) atoms. The summed E-state index contributed by atoms with van der Waals surface area (Å²) in [5.74, 6) is -0.438. The van der Waals surface area contributed by atoms with E-state index in [0.29, 0.717) is 11.5 Å². The highest BCUT2D eigenvalue weighted by Crippen LogP contribution is 2.37. The summed E-state index contributed by atoms with van der Waals surface area (Å²) in [5, 5.41) is 3.16. The van der Waals surface area contributed by atoms with Gasteiger partial charge in [0.25, 0.3) is 0 Å². The van der Waals surface area contributed by atoms with Crippen molar-refractivity contribution >= 4 is 0 Å². The van der Waals surface area contributed by atoms with Crippen molar-refractivity contribution in [1.82, 2.24) is 5.32 Å². The Morgan fingerprint density at radius 3 is 2.29 bits per heavy atom. The Kier molecular flexibility index (Phi) is 4.02. The third kappa shape index (κ3) is 2.98. The van der Waals surface area contributed by atoms with Crippen LogP contribution in [0.15, 0.2) is 42.5 Å². The number of hydrogen-bond donors (Lipinski definition) is 1. The molecule has 1 atom stereocenters.